The fourth-order valence-corrected chi connectivity index (χ4v) is 1.34. The maximum Gasteiger partial charge on any atom is 0.356 e. The Labute approximate surface area is 108 Å². The molecule has 0 radical (unpaired) electrons. The lowest BCUT2D eigenvalue weighted by atomic mass is 10.2. The van der Waals surface area contributed by atoms with E-state index in [1.54, 1.807) is 0 Å². The highest BCUT2D eigenvalue weighted by molar-refractivity contribution is 5.85. The monoisotopic (exact) mass is 287 g/mol. The topological polar surface area (TPSA) is 75.1 Å². The van der Waals surface area contributed by atoms with Gasteiger partial charge in [0, 0.05) is 6.07 Å². The van der Waals surface area contributed by atoms with Crippen molar-refractivity contribution in [3.8, 4) is 0 Å². The lowest BCUT2D eigenvalue weighted by molar-refractivity contribution is 0.0690. The van der Waals surface area contributed by atoms with Gasteiger partial charge in [0.05, 0.1) is 12.4 Å². The summed E-state index contributed by atoms with van der Waals surface area (Å²) in [6, 6.07) is 0.0508. The summed E-state index contributed by atoms with van der Waals surface area (Å²) in [4.78, 5) is 17.6. The van der Waals surface area contributed by atoms with Crippen molar-refractivity contribution in [2.24, 2.45) is 0 Å². The highest BCUT2D eigenvalue weighted by Crippen LogP contribution is 2.26. The minimum Gasteiger partial charge on any atom is -0.476 e. The first-order chi connectivity index (χ1) is 9.40. The number of carboxylic acid groups (broad SMARTS) is 1. The van der Waals surface area contributed by atoms with Crippen molar-refractivity contribution >= 4 is 17.5 Å². The van der Waals surface area contributed by atoms with Gasteiger partial charge in [0.25, 0.3) is 0 Å². The molecule has 0 spiro atoms. The van der Waals surface area contributed by atoms with E-state index < -0.39 is 40.6 Å². The zero-order valence-electron chi connectivity index (χ0n) is 9.49. The van der Waals surface area contributed by atoms with E-state index in [2.05, 4.69) is 9.97 Å². The molecule has 0 amide bonds. The van der Waals surface area contributed by atoms with E-state index in [9.17, 15) is 22.4 Å². The van der Waals surface area contributed by atoms with Crippen LogP contribution in [0.5, 0.6) is 0 Å². The first kappa shape index (κ1) is 13.7. The third-order valence-electron chi connectivity index (χ3n) is 2.22. The van der Waals surface area contributed by atoms with Crippen molar-refractivity contribution in [1.29, 1.82) is 0 Å². The SMILES string of the molecule is O=C(O)c1cncc(Nc2c(F)c(F)cc(F)c2F)n1. The van der Waals surface area contributed by atoms with Gasteiger partial charge in [-0.15, -0.1) is 0 Å². The predicted molar refractivity (Wildman–Crippen MR) is 58.5 cm³/mol. The molecule has 0 unspecified atom stereocenters. The van der Waals surface area contributed by atoms with E-state index in [-0.39, 0.29) is 11.9 Å². The molecule has 1 aromatic heterocycles. The van der Waals surface area contributed by atoms with Gasteiger partial charge in [-0.2, -0.15) is 0 Å². The summed E-state index contributed by atoms with van der Waals surface area (Å²) in [5.74, 6) is -8.33. The van der Waals surface area contributed by atoms with Gasteiger partial charge < -0.3 is 10.4 Å². The smallest absolute Gasteiger partial charge is 0.356 e. The lowest BCUT2D eigenvalue weighted by Crippen LogP contribution is -2.07. The summed E-state index contributed by atoms with van der Waals surface area (Å²) >= 11 is 0. The Kier molecular flexibility index (Phi) is 3.51. The average molecular weight is 287 g/mol. The molecule has 1 aromatic carbocycles. The molecule has 2 N–H and O–H groups in total. The van der Waals surface area contributed by atoms with E-state index in [4.69, 9.17) is 5.11 Å². The third kappa shape index (κ3) is 2.51. The second-order valence-electron chi connectivity index (χ2n) is 3.56. The normalized spacial score (nSPS) is 10.4. The fourth-order valence-electron chi connectivity index (χ4n) is 1.34. The quantitative estimate of drug-likeness (QED) is 0.670. The molecule has 2 aromatic rings. The molecule has 0 aliphatic heterocycles. The van der Waals surface area contributed by atoms with E-state index in [1.807, 2.05) is 5.32 Å². The van der Waals surface area contributed by atoms with Crippen LogP contribution < -0.4 is 5.32 Å². The predicted octanol–water partition coefficient (Wildman–Crippen LogP) is 2.47. The molecule has 5 nitrogen and oxygen atoms in total. The zero-order chi connectivity index (χ0) is 14.9. The van der Waals surface area contributed by atoms with E-state index in [1.165, 1.54) is 0 Å². The van der Waals surface area contributed by atoms with Gasteiger partial charge >= 0.3 is 5.97 Å². The summed E-state index contributed by atoms with van der Waals surface area (Å²) in [7, 11) is 0. The highest BCUT2D eigenvalue weighted by Gasteiger charge is 2.20. The van der Waals surface area contributed by atoms with E-state index >= 15 is 0 Å². The molecule has 0 aliphatic rings. The minimum atomic E-state index is -1.66. The fraction of sp³-hybridized carbons (Fsp3) is 0. The number of rotatable bonds is 3. The van der Waals surface area contributed by atoms with Crippen molar-refractivity contribution in [2.75, 3.05) is 5.32 Å². The molecule has 0 atom stereocenters. The molecular weight excluding hydrogens is 282 g/mol. The van der Waals surface area contributed by atoms with Crippen LogP contribution in [0.15, 0.2) is 18.5 Å². The van der Waals surface area contributed by atoms with Gasteiger partial charge in [0.15, 0.2) is 29.0 Å². The maximum absolute atomic E-state index is 13.4. The number of nitrogens with one attached hydrogen (secondary N) is 1. The average Bonchev–Trinajstić information content (AvgIpc) is 2.42. The van der Waals surface area contributed by atoms with Crippen LogP contribution in [0.3, 0.4) is 0 Å². The zero-order valence-corrected chi connectivity index (χ0v) is 9.49. The molecule has 1 heterocycles. The summed E-state index contributed by atoms with van der Waals surface area (Å²) in [6.07, 6.45) is 1.83. The first-order valence-electron chi connectivity index (χ1n) is 5.05. The molecule has 2 rings (SSSR count). The summed E-state index contributed by atoms with van der Waals surface area (Å²) in [6.45, 7) is 0. The second-order valence-corrected chi connectivity index (χ2v) is 3.56. The number of carbonyl (C=O) groups is 1. The Bertz CT molecular complexity index is 667. The standard InChI is InChI=1S/C11H5F4N3O2/c12-4-1-5(13)9(15)10(8(4)14)18-7-3-16-2-6(17-7)11(19)20/h1-3H,(H,17,18)(H,19,20). The van der Waals surface area contributed by atoms with Gasteiger partial charge in [-0.1, -0.05) is 0 Å². The Morgan fingerprint density at radius 1 is 1.10 bits per heavy atom. The molecule has 0 saturated carbocycles. The number of hydrogen-bond donors (Lipinski definition) is 2. The number of benzene rings is 1. The van der Waals surface area contributed by atoms with Crippen LogP contribution in [0.1, 0.15) is 10.5 Å². The van der Waals surface area contributed by atoms with Crippen LogP contribution in [0.2, 0.25) is 0 Å². The molecule has 0 saturated heterocycles. The number of anilines is 2. The summed E-state index contributed by atoms with van der Waals surface area (Å²) < 4.78 is 52.7. The third-order valence-corrected chi connectivity index (χ3v) is 2.22. The Morgan fingerprint density at radius 3 is 2.25 bits per heavy atom. The van der Waals surface area contributed by atoms with Crippen LogP contribution in [-0.2, 0) is 0 Å². The second kappa shape index (κ2) is 5.11. The van der Waals surface area contributed by atoms with Crippen molar-refractivity contribution in [3.63, 3.8) is 0 Å². The molecule has 20 heavy (non-hydrogen) atoms. The van der Waals surface area contributed by atoms with Gasteiger partial charge in [-0.25, -0.2) is 27.3 Å². The minimum absolute atomic E-state index is 0.0508. The van der Waals surface area contributed by atoms with Gasteiger partial charge in [-0.05, 0) is 0 Å². The summed E-state index contributed by atoms with van der Waals surface area (Å²) in [5.41, 5.74) is -1.63. The van der Waals surface area contributed by atoms with Crippen LogP contribution in [-0.4, -0.2) is 21.0 Å². The van der Waals surface area contributed by atoms with Crippen LogP contribution in [0.4, 0.5) is 29.1 Å². The Hall–Kier alpha value is -2.71. The van der Waals surface area contributed by atoms with Gasteiger partial charge in [0.1, 0.15) is 11.5 Å². The first-order valence-corrected chi connectivity index (χ1v) is 5.05. The number of hydrogen-bond acceptors (Lipinski definition) is 4. The molecule has 0 bridgehead atoms. The Morgan fingerprint density at radius 2 is 1.70 bits per heavy atom. The van der Waals surface area contributed by atoms with Gasteiger partial charge in [0.2, 0.25) is 0 Å². The van der Waals surface area contributed by atoms with Crippen molar-refractivity contribution < 1.29 is 27.5 Å². The number of halogens is 4. The van der Waals surface area contributed by atoms with Crippen LogP contribution in [0.25, 0.3) is 0 Å². The highest BCUT2D eigenvalue weighted by atomic mass is 19.2. The Balaban J connectivity index is 2.45. The van der Waals surface area contributed by atoms with Crippen molar-refractivity contribution in [2.45, 2.75) is 0 Å². The largest absolute Gasteiger partial charge is 0.476 e. The van der Waals surface area contributed by atoms with Gasteiger partial charge in [-0.3, -0.25) is 4.98 Å². The molecule has 0 aliphatic carbocycles. The van der Waals surface area contributed by atoms with Crippen molar-refractivity contribution in [3.05, 3.63) is 47.4 Å². The van der Waals surface area contributed by atoms with E-state index in [0.29, 0.717) is 0 Å². The number of nitrogens with zero attached hydrogens (tertiary/aromatic N) is 2. The van der Waals surface area contributed by atoms with Crippen LogP contribution in [0, 0.1) is 23.3 Å². The summed E-state index contributed by atoms with van der Waals surface area (Å²) in [5, 5.41) is 10.6. The number of aromatic nitrogens is 2. The van der Waals surface area contributed by atoms with E-state index in [0.717, 1.165) is 12.4 Å². The number of aromatic carboxylic acids is 1. The molecule has 0 fully saturated rings. The molecular formula is C11H5F4N3O2. The molecule has 104 valence electrons. The number of carboxylic acids is 1. The lowest BCUT2D eigenvalue weighted by Gasteiger charge is -2.09. The maximum atomic E-state index is 13.4. The van der Waals surface area contributed by atoms with Crippen molar-refractivity contribution in [1.82, 2.24) is 9.97 Å². The van der Waals surface area contributed by atoms with Crippen LogP contribution >= 0.6 is 0 Å². The molecule has 9 heteroatoms.